The minimum Gasteiger partial charge on any atom is -0.462 e. The number of rotatable bonds is 62. The second kappa shape index (κ2) is 55.2. The Morgan fingerprint density at radius 1 is 0.333 bits per heavy atom. The van der Waals surface area contributed by atoms with Gasteiger partial charge in [-0.3, -0.25) is 37.3 Å². The van der Waals surface area contributed by atoms with Gasteiger partial charge in [0, 0.05) is 25.7 Å². The number of carbonyl (C=O) groups excluding carboxylic acids is 4. The smallest absolute Gasteiger partial charge is 0.462 e. The summed E-state index contributed by atoms with van der Waals surface area (Å²) in [7, 11) is -9.89. The monoisotopic (exact) mass is 1240 g/mol. The summed E-state index contributed by atoms with van der Waals surface area (Å²) in [6.45, 7) is 13.9. The molecule has 0 aliphatic carbocycles. The summed E-state index contributed by atoms with van der Waals surface area (Å²) in [6.07, 6.45) is 35.0. The van der Waals surface area contributed by atoms with Crippen molar-refractivity contribution >= 4 is 39.5 Å². The minimum absolute atomic E-state index is 0.102. The van der Waals surface area contributed by atoms with Crippen molar-refractivity contribution in [3.8, 4) is 0 Å². The molecule has 0 heterocycles. The number of hydrogen-bond acceptors (Lipinski definition) is 15. The lowest BCUT2D eigenvalue weighted by molar-refractivity contribution is -0.161. The molecule has 0 radical (unpaired) electrons. The zero-order valence-electron chi connectivity index (χ0n) is 54.5. The second-order valence-corrected chi connectivity index (χ2v) is 28.1. The fraction of sp³-hybridized carbons (Fsp3) is 0.938. The van der Waals surface area contributed by atoms with Crippen molar-refractivity contribution in [3.05, 3.63) is 0 Å². The van der Waals surface area contributed by atoms with Crippen LogP contribution in [-0.2, 0) is 65.4 Å². The molecule has 0 fully saturated rings. The van der Waals surface area contributed by atoms with Gasteiger partial charge in [-0.05, 0) is 49.4 Å². The summed E-state index contributed by atoms with van der Waals surface area (Å²) in [4.78, 5) is 72.2. The first kappa shape index (κ1) is 82.1. The second-order valence-electron chi connectivity index (χ2n) is 25.2. The highest BCUT2D eigenvalue weighted by atomic mass is 31.2. The molecule has 0 bridgehead atoms. The Morgan fingerprint density at radius 2 is 0.571 bits per heavy atom. The molecule has 0 aliphatic heterocycles. The van der Waals surface area contributed by atoms with Crippen LogP contribution in [0.5, 0.6) is 0 Å². The molecule has 0 saturated carbocycles. The number of ether oxygens (including phenoxy) is 4. The number of hydrogen-bond donors (Lipinski definition) is 3. The largest absolute Gasteiger partial charge is 0.472 e. The van der Waals surface area contributed by atoms with Gasteiger partial charge < -0.3 is 33.8 Å². The minimum atomic E-state index is -4.95. The maximum absolute atomic E-state index is 13.0. The number of carbonyl (C=O) groups is 4. The van der Waals surface area contributed by atoms with Crippen molar-refractivity contribution in [2.24, 2.45) is 23.7 Å². The van der Waals surface area contributed by atoms with Crippen LogP contribution in [0.25, 0.3) is 0 Å². The van der Waals surface area contributed by atoms with Gasteiger partial charge in [0.25, 0.3) is 0 Å². The molecule has 0 aromatic heterocycles. The third-order valence-corrected chi connectivity index (χ3v) is 17.1. The molecule has 0 rings (SSSR count). The van der Waals surface area contributed by atoms with E-state index in [9.17, 15) is 43.2 Å². The molecule has 0 spiro atoms. The summed E-state index contributed by atoms with van der Waals surface area (Å²) in [5.41, 5.74) is 0. The van der Waals surface area contributed by atoms with Crippen molar-refractivity contribution in [1.82, 2.24) is 0 Å². The van der Waals surface area contributed by atoms with E-state index in [4.69, 9.17) is 37.0 Å². The van der Waals surface area contributed by atoms with Crippen molar-refractivity contribution < 1.29 is 80.2 Å². The van der Waals surface area contributed by atoms with Crippen LogP contribution in [0.2, 0.25) is 0 Å². The number of esters is 4. The van der Waals surface area contributed by atoms with Gasteiger partial charge in [0.15, 0.2) is 12.2 Å². The first-order chi connectivity index (χ1) is 40.1. The van der Waals surface area contributed by atoms with Crippen molar-refractivity contribution in [2.45, 2.75) is 331 Å². The third-order valence-electron chi connectivity index (χ3n) is 15.2. The molecule has 0 saturated heterocycles. The predicted molar refractivity (Wildman–Crippen MR) is 335 cm³/mol. The fourth-order valence-electron chi connectivity index (χ4n) is 9.57. The van der Waals surface area contributed by atoms with Gasteiger partial charge in [-0.15, -0.1) is 0 Å². The fourth-order valence-corrected chi connectivity index (χ4v) is 11.2. The zero-order chi connectivity index (χ0) is 62.5. The van der Waals surface area contributed by atoms with E-state index < -0.39 is 97.5 Å². The molecule has 19 heteroatoms. The predicted octanol–water partition coefficient (Wildman–Crippen LogP) is 17.8. The quantitative estimate of drug-likeness (QED) is 0.0222. The van der Waals surface area contributed by atoms with E-state index in [2.05, 4.69) is 55.4 Å². The van der Waals surface area contributed by atoms with Crippen LogP contribution in [0, 0.1) is 23.7 Å². The third kappa shape index (κ3) is 57.8. The molecule has 3 unspecified atom stereocenters. The maximum atomic E-state index is 13.0. The van der Waals surface area contributed by atoms with E-state index in [1.165, 1.54) is 109 Å². The number of aliphatic hydroxyl groups excluding tert-OH is 1. The molecule has 498 valence electrons. The average Bonchev–Trinajstić information content (AvgIpc) is 3.55. The number of phosphoric ester groups is 2. The van der Waals surface area contributed by atoms with Crippen LogP contribution < -0.4 is 0 Å². The Labute approximate surface area is 511 Å². The molecule has 17 nitrogen and oxygen atoms in total. The highest BCUT2D eigenvalue weighted by Gasteiger charge is 2.30. The highest BCUT2D eigenvalue weighted by molar-refractivity contribution is 7.47. The lowest BCUT2D eigenvalue weighted by Gasteiger charge is -2.21. The van der Waals surface area contributed by atoms with Gasteiger partial charge in [0.1, 0.15) is 19.3 Å². The Morgan fingerprint density at radius 3 is 0.845 bits per heavy atom. The molecule has 84 heavy (non-hydrogen) atoms. The highest BCUT2D eigenvalue weighted by Crippen LogP contribution is 2.45. The Hall–Kier alpha value is -1.94. The molecular weight excluding hydrogens is 1110 g/mol. The SMILES string of the molecule is CCC(C)CCCCCCCCC(=O)OC[C@H](COP(=O)(O)OC[C@H](O)COP(=O)(O)OC[C@@H](COC(=O)CCCCCCCCCCCCCC(C)C)OC(=O)CCCCCCCCCC(C)C)OC(=O)CCCCCCCCCC(C)C. The number of aliphatic hydroxyl groups is 1. The molecule has 0 aromatic rings. The molecular formula is C65H126O17P2. The summed E-state index contributed by atoms with van der Waals surface area (Å²) in [5, 5.41) is 10.5. The van der Waals surface area contributed by atoms with Gasteiger partial charge in [-0.2, -0.15) is 0 Å². The van der Waals surface area contributed by atoms with Crippen LogP contribution in [-0.4, -0.2) is 96.7 Å². The molecule has 6 atom stereocenters. The normalized spacial score (nSPS) is 14.7. The lowest BCUT2D eigenvalue weighted by Crippen LogP contribution is -2.30. The van der Waals surface area contributed by atoms with Crippen LogP contribution in [0.4, 0.5) is 0 Å². The van der Waals surface area contributed by atoms with E-state index in [1.807, 2.05) is 0 Å². The van der Waals surface area contributed by atoms with E-state index in [1.54, 1.807) is 0 Å². The van der Waals surface area contributed by atoms with Crippen molar-refractivity contribution in [3.63, 3.8) is 0 Å². The van der Waals surface area contributed by atoms with Crippen molar-refractivity contribution in [2.75, 3.05) is 39.6 Å². The Kier molecular flexibility index (Phi) is 53.9. The molecule has 0 amide bonds. The van der Waals surface area contributed by atoms with E-state index >= 15 is 0 Å². The van der Waals surface area contributed by atoms with E-state index in [0.29, 0.717) is 37.5 Å². The topological polar surface area (TPSA) is 237 Å². The average molecular weight is 1240 g/mol. The first-order valence-electron chi connectivity index (χ1n) is 33.7. The summed E-state index contributed by atoms with van der Waals surface area (Å²) < 4.78 is 68.0. The zero-order valence-corrected chi connectivity index (χ0v) is 56.3. The molecule has 3 N–H and O–H groups in total. The van der Waals surface area contributed by atoms with Gasteiger partial charge in [0.05, 0.1) is 26.4 Å². The van der Waals surface area contributed by atoms with Crippen LogP contribution in [0.3, 0.4) is 0 Å². The number of phosphoric acid groups is 2. The maximum Gasteiger partial charge on any atom is 0.472 e. The van der Waals surface area contributed by atoms with Gasteiger partial charge in [-0.1, -0.05) is 261 Å². The number of unbranched alkanes of at least 4 members (excludes halogenated alkanes) is 27. The van der Waals surface area contributed by atoms with E-state index in [0.717, 1.165) is 108 Å². The summed E-state index contributed by atoms with van der Waals surface area (Å²) >= 11 is 0. The van der Waals surface area contributed by atoms with Crippen molar-refractivity contribution in [1.29, 1.82) is 0 Å². The van der Waals surface area contributed by atoms with Crippen LogP contribution in [0.15, 0.2) is 0 Å². The first-order valence-corrected chi connectivity index (χ1v) is 36.7. The molecule has 0 aromatic carbocycles. The summed E-state index contributed by atoms with van der Waals surface area (Å²) in [6, 6.07) is 0. The van der Waals surface area contributed by atoms with Gasteiger partial charge >= 0.3 is 39.5 Å². The standard InChI is InChI=1S/C65H126O17P2/c1-9-58(8)44-36-28-23-24-30-38-46-63(68)76-52-61(82-65(70)48-40-32-22-16-19-27-35-43-57(6)7)54-80-84(73,74)78-50-59(66)49-77-83(71,72)79-53-60(81-64(69)47-39-31-21-15-18-26-34-42-56(4)5)51-75-62(67)45-37-29-20-14-12-10-11-13-17-25-33-41-55(2)3/h55-61,66H,9-54H2,1-8H3,(H,71,72)(H,73,74)/t58?,59-,60-,61-/m1/s1. The summed E-state index contributed by atoms with van der Waals surface area (Å²) in [5.74, 6) is 0.752. The lowest BCUT2D eigenvalue weighted by atomic mass is 10.00. The van der Waals surface area contributed by atoms with Gasteiger partial charge in [-0.25, -0.2) is 9.13 Å². The Balaban J connectivity index is 5.24. The van der Waals surface area contributed by atoms with Crippen LogP contribution >= 0.6 is 15.6 Å². The molecule has 0 aliphatic rings. The Bertz CT molecular complexity index is 1680. The van der Waals surface area contributed by atoms with Gasteiger partial charge in [0.2, 0.25) is 0 Å². The van der Waals surface area contributed by atoms with Crippen LogP contribution in [0.1, 0.15) is 312 Å². The van der Waals surface area contributed by atoms with E-state index in [-0.39, 0.29) is 25.7 Å².